The van der Waals surface area contributed by atoms with Gasteiger partial charge in [0.05, 0.1) is 5.02 Å². The zero-order chi connectivity index (χ0) is 13.7. The van der Waals surface area contributed by atoms with Crippen LogP contribution in [0.4, 0.5) is 0 Å². The SMILES string of the molecule is CN(CCSc1cc(Cl)ccc1Cl)C1CCCNC1. The summed E-state index contributed by atoms with van der Waals surface area (Å²) >= 11 is 13.9. The molecule has 106 valence electrons. The van der Waals surface area contributed by atoms with Gasteiger partial charge in [-0.15, -0.1) is 11.8 Å². The van der Waals surface area contributed by atoms with Crippen molar-refractivity contribution in [3.8, 4) is 0 Å². The molecule has 1 heterocycles. The monoisotopic (exact) mass is 318 g/mol. The van der Waals surface area contributed by atoms with Crippen molar-refractivity contribution in [3.05, 3.63) is 28.2 Å². The molecule has 5 heteroatoms. The van der Waals surface area contributed by atoms with Crippen LogP contribution in [0.2, 0.25) is 10.0 Å². The summed E-state index contributed by atoms with van der Waals surface area (Å²) in [6.07, 6.45) is 2.58. The van der Waals surface area contributed by atoms with Crippen LogP contribution in [0.1, 0.15) is 12.8 Å². The highest BCUT2D eigenvalue weighted by Crippen LogP contribution is 2.29. The van der Waals surface area contributed by atoms with Crippen molar-refractivity contribution < 1.29 is 0 Å². The molecule has 2 nitrogen and oxygen atoms in total. The molecule has 0 radical (unpaired) electrons. The van der Waals surface area contributed by atoms with Crippen LogP contribution in [0.25, 0.3) is 0 Å². The Hall–Kier alpha value is 0.0700. The molecule has 1 aliphatic heterocycles. The van der Waals surface area contributed by atoms with Crippen LogP contribution in [-0.2, 0) is 0 Å². The van der Waals surface area contributed by atoms with Gasteiger partial charge in [-0.2, -0.15) is 0 Å². The van der Waals surface area contributed by atoms with Crippen LogP contribution in [0.3, 0.4) is 0 Å². The lowest BCUT2D eigenvalue weighted by atomic mass is 10.1. The van der Waals surface area contributed by atoms with Crippen molar-refractivity contribution in [2.75, 3.05) is 32.4 Å². The Morgan fingerprint density at radius 1 is 1.42 bits per heavy atom. The van der Waals surface area contributed by atoms with Crippen LogP contribution in [0.15, 0.2) is 23.1 Å². The number of benzene rings is 1. The minimum Gasteiger partial charge on any atom is -0.315 e. The number of rotatable bonds is 5. The third-order valence-corrected chi connectivity index (χ3v) is 5.20. The van der Waals surface area contributed by atoms with Crippen LogP contribution in [0, 0.1) is 0 Å². The lowest BCUT2D eigenvalue weighted by Gasteiger charge is -2.31. The van der Waals surface area contributed by atoms with Gasteiger partial charge in [0.1, 0.15) is 0 Å². The molecule has 1 aliphatic rings. The summed E-state index contributed by atoms with van der Waals surface area (Å²) < 4.78 is 0. The van der Waals surface area contributed by atoms with Crippen molar-refractivity contribution in [2.45, 2.75) is 23.8 Å². The molecular weight excluding hydrogens is 299 g/mol. The minimum atomic E-state index is 0.671. The van der Waals surface area contributed by atoms with E-state index in [4.69, 9.17) is 23.2 Å². The average Bonchev–Trinajstić information content (AvgIpc) is 2.43. The number of piperidine rings is 1. The second kappa shape index (κ2) is 7.75. The largest absolute Gasteiger partial charge is 0.315 e. The predicted octanol–water partition coefficient (Wildman–Crippen LogP) is 3.77. The second-order valence-corrected chi connectivity index (χ2v) is 6.88. The molecule has 2 rings (SSSR count). The quantitative estimate of drug-likeness (QED) is 0.832. The molecule has 1 unspecified atom stereocenters. The number of hydrogen-bond donors (Lipinski definition) is 1. The molecule has 1 aromatic rings. The van der Waals surface area contributed by atoms with Crippen molar-refractivity contribution >= 4 is 35.0 Å². The van der Waals surface area contributed by atoms with Crippen molar-refractivity contribution in [3.63, 3.8) is 0 Å². The predicted molar refractivity (Wildman–Crippen MR) is 85.7 cm³/mol. The van der Waals surface area contributed by atoms with Crippen molar-refractivity contribution in [1.29, 1.82) is 0 Å². The number of nitrogens with one attached hydrogen (secondary N) is 1. The zero-order valence-electron chi connectivity index (χ0n) is 11.2. The summed E-state index contributed by atoms with van der Waals surface area (Å²) in [6, 6.07) is 6.30. The van der Waals surface area contributed by atoms with E-state index in [2.05, 4.69) is 17.3 Å². The van der Waals surface area contributed by atoms with Crippen LogP contribution >= 0.6 is 35.0 Å². The van der Waals surface area contributed by atoms with Crippen LogP contribution in [-0.4, -0.2) is 43.4 Å². The maximum atomic E-state index is 6.16. The molecule has 1 aromatic carbocycles. The smallest absolute Gasteiger partial charge is 0.0542 e. The van der Waals surface area contributed by atoms with Gasteiger partial charge in [0.25, 0.3) is 0 Å². The van der Waals surface area contributed by atoms with Gasteiger partial charge in [-0.3, -0.25) is 0 Å². The highest BCUT2D eigenvalue weighted by atomic mass is 35.5. The minimum absolute atomic E-state index is 0.671. The molecule has 0 aliphatic carbocycles. The van der Waals surface area contributed by atoms with Crippen LogP contribution in [0.5, 0.6) is 0 Å². The molecule has 1 atom stereocenters. The molecule has 0 spiro atoms. The van der Waals surface area contributed by atoms with Gasteiger partial charge < -0.3 is 10.2 Å². The van der Waals surface area contributed by atoms with E-state index < -0.39 is 0 Å². The molecule has 1 saturated heterocycles. The first-order valence-electron chi connectivity index (χ1n) is 6.65. The third kappa shape index (κ3) is 4.83. The highest BCUT2D eigenvalue weighted by molar-refractivity contribution is 7.99. The molecule has 0 aromatic heterocycles. The van der Waals surface area contributed by atoms with E-state index in [1.165, 1.54) is 12.8 Å². The van der Waals surface area contributed by atoms with E-state index in [0.29, 0.717) is 6.04 Å². The van der Waals surface area contributed by atoms with Gasteiger partial charge >= 0.3 is 0 Å². The molecule has 1 N–H and O–H groups in total. The fraction of sp³-hybridized carbons (Fsp3) is 0.571. The molecule has 0 saturated carbocycles. The van der Waals surface area contributed by atoms with Gasteiger partial charge in [-0.1, -0.05) is 23.2 Å². The van der Waals surface area contributed by atoms with E-state index in [1.807, 2.05) is 18.2 Å². The summed E-state index contributed by atoms with van der Waals surface area (Å²) in [5.41, 5.74) is 0. The van der Waals surface area contributed by atoms with Gasteiger partial charge in [0, 0.05) is 34.8 Å². The maximum Gasteiger partial charge on any atom is 0.0542 e. The first-order valence-corrected chi connectivity index (χ1v) is 8.40. The van der Waals surface area contributed by atoms with E-state index in [0.717, 1.165) is 40.3 Å². The van der Waals surface area contributed by atoms with E-state index in [-0.39, 0.29) is 0 Å². The highest BCUT2D eigenvalue weighted by Gasteiger charge is 2.17. The van der Waals surface area contributed by atoms with Crippen molar-refractivity contribution in [2.24, 2.45) is 0 Å². The topological polar surface area (TPSA) is 15.3 Å². The second-order valence-electron chi connectivity index (χ2n) is 4.90. The number of hydrogen-bond acceptors (Lipinski definition) is 3. The Bertz CT molecular complexity index is 408. The zero-order valence-corrected chi connectivity index (χ0v) is 13.5. The average molecular weight is 319 g/mol. The molecule has 0 amide bonds. The lowest BCUT2D eigenvalue weighted by Crippen LogP contribution is -2.44. The van der Waals surface area contributed by atoms with Crippen LogP contribution < -0.4 is 5.32 Å². The Morgan fingerprint density at radius 3 is 3.00 bits per heavy atom. The first-order chi connectivity index (χ1) is 9.16. The molecular formula is C14H20Cl2N2S. The number of halogens is 2. The summed E-state index contributed by atoms with van der Waals surface area (Å²) in [7, 11) is 2.21. The first kappa shape index (κ1) is 15.5. The fourth-order valence-electron chi connectivity index (χ4n) is 2.28. The summed E-state index contributed by atoms with van der Waals surface area (Å²) in [4.78, 5) is 3.52. The van der Waals surface area contributed by atoms with Gasteiger partial charge in [0.15, 0.2) is 0 Å². The fourth-order valence-corrected chi connectivity index (χ4v) is 3.81. The van der Waals surface area contributed by atoms with Crippen molar-refractivity contribution in [1.82, 2.24) is 10.2 Å². The Morgan fingerprint density at radius 2 is 2.26 bits per heavy atom. The normalized spacial score (nSPS) is 19.9. The Balaban J connectivity index is 1.77. The Labute approximate surface area is 129 Å². The maximum absolute atomic E-state index is 6.16. The van der Waals surface area contributed by atoms with Gasteiger partial charge in [-0.25, -0.2) is 0 Å². The molecule has 1 fully saturated rings. The standard InChI is InChI=1S/C14H20Cl2N2S/c1-18(12-3-2-6-17-10-12)7-8-19-14-9-11(15)4-5-13(14)16/h4-5,9,12,17H,2-3,6-8,10H2,1H3. The number of nitrogens with zero attached hydrogens (tertiary/aromatic N) is 1. The lowest BCUT2D eigenvalue weighted by molar-refractivity contribution is 0.214. The summed E-state index contributed by atoms with van der Waals surface area (Å²) in [6.45, 7) is 3.34. The molecule has 0 bridgehead atoms. The van der Waals surface area contributed by atoms with E-state index in [9.17, 15) is 0 Å². The summed E-state index contributed by atoms with van der Waals surface area (Å²) in [5.74, 6) is 1.03. The third-order valence-electron chi connectivity index (χ3n) is 3.49. The van der Waals surface area contributed by atoms with E-state index >= 15 is 0 Å². The van der Waals surface area contributed by atoms with Gasteiger partial charge in [-0.05, 0) is 44.6 Å². The molecule has 19 heavy (non-hydrogen) atoms. The van der Waals surface area contributed by atoms with E-state index in [1.54, 1.807) is 11.8 Å². The number of thioether (sulfide) groups is 1. The Kier molecular flexibility index (Phi) is 6.30. The van der Waals surface area contributed by atoms with Gasteiger partial charge in [0.2, 0.25) is 0 Å². The summed E-state index contributed by atoms with van der Waals surface area (Å²) in [5, 5.41) is 4.99. The number of likely N-dealkylation sites (N-methyl/N-ethyl adjacent to an activating group) is 1.